The molecule has 0 bridgehead atoms. The maximum absolute atomic E-state index is 11.9. The Labute approximate surface area is 110 Å². The van der Waals surface area contributed by atoms with E-state index in [2.05, 4.69) is 0 Å². The van der Waals surface area contributed by atoms with E-state index in [-0.39, 0.29) is 17.3 Å². The van der Waals surface area contributed by atoms with Crippen molar-refractivity contribution in [2.75, 3.05) is 12.3 Å². The standard InChI is InChI=1S/C12H17NO6/c13-7-3-1-6(2-4-7)9(16)11(18)12(19)10(17)8(15)5-14/h1-4,8,10-12,14-15,17-19H,5,13H2/t8-,10-,11-,12+/m1/s1/i1D. The van der Waals surface area contributed by atoms with Crippen LogP contribution < -0.4 is 5.73 Å². The lowest BCUT2D eigenvalue weighted by Gasteiger charge is -2.24. The summed E-state index contributed by atoms with van der Waals surface area (Å²) in [4.78, 5) is 11.9. The van der Waals surface area contributed by atoms with Gasteiger partial charge in [-0.05, 0) is 24.2 Å². The average Bonchev–Trinajstić information content (AvgIpc) is 2.43. The van der Waals surface area contributed by atoms with Gasteiger partial charge in [-0.25, -0.2) is 0 Å². The molecule has 4 atom stereocenters. The lowest BCUT2D eigenvalue weighted by Crippen LogP contribution is -2.48. The zero-order valence-electron chi connectivity index (χ0n) is 11.0. The number of carbonyl (C=O) groups excluding carboxylic acids is 1. The molecule has 7 nitrogen and oxygen atoms in total. The summed E-state index contributed by atoms with van der Waals surface area (Å²) in [7, 11) is 0. The van der Waals surface area contributed by atoms with Crippen molar-refractivity contribution < 1.29 is 31.7 Å². The van der Waals surface area contributed by atoms with E-state index in [9.17, 15) is 20.1 Å². The number of nitrogens with two attached hydrogens (primary N) is 1. The van der Waals surface area contributed by atoms with E-state index >= 15 is 0 Å². The van der Waals surface area contributed by atoms with Gasteiger partial charge >= 0.3 is 0 Å². The van der Waals surface area contributed by atoms with Gasteiger partial charge in [0, 0.05) is 11.3 Å². The number of anilines is 1. The van der Waals surface area contributed by atoms with E-state index in [0.29, 0.717) is 0 Å². The van der Waals surface area contributed by atoms with Crippen LogP contribution in [-0.2, 0) is 0 Å². The Hall–Kier alpha value is -1.51. The van der Waals surface area contributed by atoms with Crippen LogP contribution in [0.4, 0.5) is 5.69 Å². The minimum absolute atomic E-state index is 0.184. The number of rotatable bonds is 6. The third kappa shape index (κ3) is 3.72. The Kier molecular flexibility index (Phi) is 4.83. The van der Waals surface area contributed by atoms with E-state index in [0.717, 1.165) is 0 Å². The molecular weight excluding hydrogens is 254 g/mol. The quantitative estimate of drug-likeness (QED) is 0.257. The van der Waals surface area contributed by atoms with Crippen LogP contribution in [0.5, 0.6) is 0 Å². The maximum atomic E-state index is 11.9. The van der Waals surface area contributed by atoms with Crippen molar-refractivity contribution in [1.82, 2.24) is 0 Å². The molecule has 19 heavy (non-hydrogen) atoms. The third-order valence-corrected chi connectivity index (χ3v) is 2.63. The summed E-state index contributed by atoms with van der Waals surface area (Å²) in [5, 5.41) is 46.5. The zero-order valence-corrected chi connectivity index (χ0v) is 9.97. The highest BCUT2D eigenvalue weighted by atomic mass is 16.4. The molecule has 1 rings (SSSR count). The number of aliphatic hydroxyl groups excluding tert-OH is 5. The Balaban J connectivity index is 2.91. The lowest BCUT2D eigenvalue weighted by molar-refractivity contribution is -0.105. The van der Waals surface area contributed by atoms with Crippen molar-refractivity contribution in [1.29, 1.82) is 0 Å². The molecule has 7 N–H and O–H groups in total. The third-order valence-electron chi connectivity index (χ3n) is 2.63. The summed E-state index contributed by atoms with van der Waals surface area (Å²) in [6.07, 6.45) is -7.64. The first-order chi connectivity index (χ1) is 9.29. The Morgan fingerprint density at radius 2 is 1.84 bits per heavy atom. The first kappa shape index (κ1) is 13.9. The second-order valence-corrected chi connectivity index (χ2v) is 4.08. The number of hydrogen-bond acceptors (Lipinski definition) is 7. The number of nitrogen functional groups attached to an aromatic ring is 1. The summed E-state index contributed by atoms with van der Waals surface area (Å²) in [6, 6.07) is 3.53. The summed E-state index contributed by atoms with van der Waals surface area (Å²) >= 11 is 0. The molecule has 0 heterocycles. The summed E-state index contributed by atoms with van der Waals surface area (Å²) in [5.74, 6) is -0.994. The van der Waals surface area contributed by atoms with Gasteiger partial charge in [-0.3, -0.25) is 4.79 Å². The van der Waals surface area contributed by atoms with Crippen LogP contribution in [0.2, 0.25) is 0 Å². The van der Waals surface area contributed by atoms with Crippen molar-refractivity contribution in [2.24, 2.45) is 0 Å². The number of hydrogen-bond donors (Lipinski definition) is 6. The lowest BCUT2D eigenvalue weighted by atomic mass is 9.96. The highest BCUT2D eigenvalue weighted by Crippen LogP contribution is 2.13. The van der Waals surface area contributed by atoms with Crippen LogP contribution in [-0.4, -0.2) is 62.3 Å². The molecule has 1 aromatic carbocycles. The highest BCUT2D eigenvalue weighted by molar-refractivity contribution is 5.99. The van der Waals surface area contributed by atoms with Crippen molar-refractivity contribution in [3.63, 3.8) is 0 Å². The number of Topliss-reactive ketones (excluding diaryl/α,β-unsaturated/α-hetero) is 1. The number of carbonyl (C=O) groups is 1. The molecular formula is C12H17NO6. The van der Waals surface area contributed by atoms with Gasteiger partial charge < -0.3 is 31.3 Å². The molecule has 0 fully saturated rings. The smallest absolute Gasteiger partial charge is 0.194 e. The van der Waals surface area contributed by atoms with Gasteiger partial charge in [0.25, 0.3) is 0 Å². The van der Waals surface area contributed by atoms with E-state index in [1.54, 1.807) is 0 Å². The van der Waals surface area contributed by atoms with Gasteiger partial charge in [-0.1, -0.05) is 0 Å². The summed E-state index contributed by atoms with van der Waals surface area (Å²) in [5.41, 5.74) is 5.50. The second kappa shape index (κ2) is 6.60. The molecule has 1 aromatic rings. The molecule has 0 amide bonds. The largest absolute Gasteiger partial charge is 0.399 e. The minimum Gasteiger partial charge on any atom is -0.399 e. The predicted molar refractivity (Wildman–Crippen MR) is 66.3 cm³/mol. The van der Waals surface area contributed by atoms with Crippen LogP contribution in [0.1, 0.15) is 11.7 Å². The molecule has 0 saturated carbocycles. The molecule has 0 radical (unpaired) electrons. The Morgan fingerprint density at radius 3 is 2.37 bits per heavy atom. The van der Waals surface area contributed by atoms with Crippen LogP contribution in [0, 0.1) is 0 Å². The van der Waals surface area contributed by atoms with Gasteiger partial charge in [0.05, 0.1) is 7.98 Å². The van der Waals surface area contributed by atoms with Crippen molar-refractivity contribution in [2.45, 2.75) is 24.4 Å². The van der Waals surface area contributed by atoms with Crippen LogP contribution in [0.15, 0.2) is 24.2 Å². The van der Waals surface area contributed by atoms with E-state index < -0.39 is 36.8 Å². The van der Waals surface area contributed by atoms with Crippen molar-refractivity contribution in [3.05, 3.63) is 29.8 Å². The monoisotopic (exact) mass is 272 g/mol. The number of benzene rings is 1. The Morgan fingerprint density at radius 1 is 1.21 bits per heavy atom. The normalized spacial score (nSPS) is 18.3. The van der Waals surface area contributed by atoms with Crippen molar-refractivity contribution >= 4 is 11.5 Å². The molecule has 0 unspecified atom stereocenters. The maximum Gasteiger partial charge on any atom is 0.194 e. The second-order valence-electron chi connectivity index (χ2n) is 4.08. The van der Waals surface area contributed by atoms with E-state index in [4.69, 9.17) is 17.3 Å². The molecule has 0 spiro atoms. The molecule has 0 saturated heterocycles. The molecule has 106 valence electrons. The van der Waals surface area contributed by atoms with Gasteiger partial charge in [-0.2, -0.15) is 0 Å². The van der Waals surface area contributed by atoms with E-state index in [1.807, 2.05) is 0 Å². The predicted octanol–water partition coefficient (Wildman–Crippen LogP) is -2.11. The zero-order chi connectivity index (χ0) is 15.4. The fourth-order valence-corrected chi connectivity index (χ4v) is 1.43. The summed E-state index contributed by atoms with van der Waals surface area (Å²) in [6.45, 7) is -0.843. The molecule has 0 aliphatic rings. The van der Waals surface area contributed by atoms with Gasteiger partial charge in [0.15, 0.2) is 5.78 Å². The van der Waals surface area contributed by atoms with Crippen molar-refractivity contribution in [3.8, 4) is 0 Å². The van der Waals surface area contributed by atoms with Crippen LogP contribution in [0.25, 0.3) is 0 Å². The molecule has 7 heteroatoms. The minimum atomic E-state index is -2.04. The fraction of sp³-hybridized carbons (Fsp3) is 0.417. The topological polar surface area (TPSA) is 144 Å². The number of aliphatic hydroxyl groups is 5. The Bertz CT molecular complexity index is 483. The average molecular weight is 272 g/mol. The molecule has 0 aliphatic carbocycles. The molecule has 0 aromatic heterocycles. The van der Waals surface area contributed by atoms with Crippen LogP contribution in [0.3, 0.4) is 0 Å². The first-order valence-electron chi connectivity index (χ1n) is 6.03. The van der Waals surface area contributed by atoms with Gasteiger partial charge in [0.2, 0.25) is 0 Å². The van der Waals surface area contributed by atoms with E-state index in [1.165, 1.54) is 18.2 Å². The number of ketones is 1. The first-order valence-corrected chi connectivity index (χ1v) is 5.53. The molecule has 0 aliphatic heterocycles. The SMILES string of the molecule is [2H]c1cc(N)ccc1C(=O)[C@@H](O)[C@@H](O)[C@H](O)[C@H](O)CO. The van der Waals surface area contributed by atoms with Gasteiger partial charge in [0.1, 0.15) is 24.4 Å². The highest BCUT2D eigenvalue weighted by Gasteiger charge is 2.34. The summed E-state index contributed by atoms with van der Waals surface area (Å²) < 4.78 is 7.56. The fourth-order valence-electron chi connectivity index (χ4n) is 1.43. The van der Waals surface area contributed by atoms with Crippen LogP contribution >= 0.6 is 0 Å². The van der Waals surface area contributed by atoms with Gasteiger partial charge in [-0.15, -0.1) is 0 Å².